The Morgan fingerprint density at radius 3 is 2.35 bits per heavy atom. The van der Waals surface area contributed by atoms with Gasteiger partial charge in [0.2, 0.25) is 0 Å². The van der Waals surface area contributed by atoms with Crippen LogP contribution in [0.4, 0.5) is 5.69 Å². The number of rotatable bonds is 7. The van der Waals surface area contributed by atoms with Crippen molar-refractivity contribution in [3.05, 3.63) is 53.6 Å². The van der Waals surface area contributed by atoms with Crippen molar-refractivity contribution in [2.24, 2.45) is 0 Å². The van der Waals surface area contributed by atoms with E-state index in [-0.39, 0.29) is 17.4 Å². The Labute approximate surface area is 154 Å². The monoisotopic (exact) mass is 376 g/mol. The first-order valence-corrected chi connectivity index (χ1v) is 9.77. The van der Waals surface area contributed by atoms with Crippen molar-refractivity contribution in [3.8, 4) is 5.75 Å². The first-order valence-electron chi connectivity index (χ1n) is 8.29. The maximum atomic E-state index is 12.7. The van der Waals surface area contributed by atoms with E-state index in [1.54, 1.807) is 14.1 Å². The topological polar surface area (TPSA) is 75.7 Å². The summed E-state index contributed by atoms with van der Waals surface area (Å²) in [6, 6.07) is 11.7. The van der Waals surface area contributed by atoms with Gasteiger partial charge in [-0.15, -0.1) is 0 Å². The number of aryl methyl sites for hydroxylation is 2. The van der Waals surface area contributed by atoms with Gasteiger partial charge in [0, 0.05) is 14.1 Å². The highest BCUT2D eigenvalue weighted by Gasteiger charge is 2.17. The lowest BCUT2D eigenvalue weighted by molar-refractivity contribution is -0.130. The predicted octanol–water partition coefficient (Wildman–Crippen LogP) is 2.83. The van der Waals surface area contributed by atoms with Crippen LogP contribution in [0.5, 0.6) is 5.75 Å². The molecular weight excluding hydrogens is 352 g/mol. The SMILES string of the molecule is CCc1cccc(C)c1NS(=O)(=O)c1ccc(OCC(=O)N(C)C)cc1. The first kappa shape index (κ1) is 19.8. The standard InChI is InChI=1S/C19H24N2O4S/c1-5-15-8-6-7-14(2)19(15)20-26(23,24)17-11-9-16(10-12-17)25-13-18(22)21(3)4/h6-12,20H,5,13H2,1-4H3. The summed E-state index contributed by atoms with van der Waals surface area (Å²) in [6.45, 7) is 3.75. The van der Waals surface area contributed by atoms with Crippen LogP contribution in [0.3, 0.4) is 0 Å². The maximum Gasteiger partial charge on any atom is 0.261 e. The number of sulfonamides is 1. The molecule has 0 radical (unpaired) electrons. The van der Waals surface area contributed by atoms with E-state index >= 15 is 0 Å². The number of nitrogens with zero attached hydrogens (tertiary/aromatic N) is 1. The highest BCUT2D eigenvalue weighted by atomic mass is 32.2. The van der Waals surface area contributed by atoms with Gasteiger partial charge in [0.25, 0.3) is 15.9 Å². The van der Waals surface area contributed by atoms with Crippen LogP contribution in [0.1, 0.15) is 18.1 Å². The van der Waals surface area contributed by atoms with Gasteiger partial charge in [-0.3, -0.25) is 9.52 Å². The van der Waals surface area contributed by atoms with Gasteiger partial charge in [-0.1, -0.05) is 25.1 Å². The molecule has 0 fully saturated rings. The van der Waals surface area contributed by atoms with Gasteiger partial charge in [-0.05, 0) is 48.7 Å². The van der Waals surface area contributed by atoms with Gasteiger partial charge >= 0.3 is 0 Å². The van der Waals surface area contributed by atoms with Gasteiger partial charge in [0.15, 0.2) is 6.61 Å². The van der Waals surface area contributed by atoms with E-state index in [2.05, 4.69) is 4.72 Å². The molecule has 0 aromatic heterocycles. The molecule has 6 nitrogen and oxygen atoms in total. The molecule has 0 aliphatic carbocycles. The van der Waals surface area contributed by atoms with E-state index in [0.29, 0.717) is 11.4 Å². The van der Waals surface area contributed by atoms with E-state index in [0.717, 1.165) is 17.5 Å². The van der Waals surface area contributed by atoms with Crippen LogP contribution >= 0.6 is 0 Å². The number of nitrogens with one attached hydrogen (secondary N) is 1. The number of anilines is 1. The second kappa shape index (κ2) is 8.23. The number of para-hydroxylation sites is 1. The Bertz CT molecular complexity index is 875. The number of hydrogen-bond donors (Lipinski definition) is 1. The summed E-state index contributed by atoms with van der Waals surface area (Å²) in [4.78, 5) is 13.1. The predicted molar refractivity (Wildman–Crippen MR) is 102 cm³/mol. The average Bonchev–Trinajstić information content (AvgIpc) is 2.61. The second-order valence-electron chi connectivity index (χ2n) is 6.12. The largest absolute Gasteiger partial charge is 0.484 e. The smallest absolute Gasteiger partial charge is 0.261 e. The maximum absolute atomic E-state index is 12.7. The van der Waals surface area contributed by atoms with E-state index in [4.69, 9.17) is 4.74 Å². The van der Waals surface area contributed by atoms with Crippen molar-refractivity contribution >= 4 is 21.6 Å². The molecule has 1 N–H and O–H groups in total. The summed E-state index contributed by atoms with van der Waals surface area (Å²) in [5.41, 5.74) is 2.43. The Morgan fingerprint density at radius 1 is 1.12 bits per heavy atom. The van der Waals surface area contributed by atoms with Crippen LogP contribution in [0.25, 0.3) is 0 Å². The van der Waals surface area contributed by atoms with Crippen LogP contribution in [0, 0.1) is 6.92 Å². The van der Waals surface area contributed by atoms with Crippen LogP contribution in [-0.2, 0) is 21.2 Å². The zero-order valence-corrected chi connectivity index (χ0v) is 16.3. The molecular formula is C19H24N2O4S. The Morgan fingerprint density at radius 2 is 1.77 bits per heavy atom. The summed E-state index contributed by atoms with van der Waals surface area (Å²) in [5.74, 6) is 0.263. The summed E-state index contributed by atoms with van der Waals surface area (Å²) in [7, 11) is -0.427. The fourth-order valence-electron chi connectivity index (χ4n) is 2.35. The number of carbonyl (C=O) groups is 1. The number of benzene rings is 2. The molecule has 1 amide bonds. The van der Waals surface area contributed by atoms with Crippen molar-refractivity contribution in [3.63, 3.8) is 0 Å². The van der Waals surface area contributed by atoms with Crippen molar-refractivity contribution in [2.45, 2.75) is 25.2 Å². The number of amides is 1. The minimum atomic E-state index is -3.71. The molecule has 140 valence electrons. The van der Waals surface area contributed by atoms with Crippen LogP contribution < -0.4 is 9.46 Å². The van der Waals surface area contributed by atoms with Crippen LogP contribution in [0.15, 0.2) is 47.4 Å². The summed E-state index contributed by atoms with van der Waals surface area (Å²) in [6.07, 6.45) is 0.728. The molecule has 0 unspecified atom stereocenters. The molecule has 0 saturated heterocycles. The highest BCUT2D eigenvalue weighted by Crippen LogP contribution is 2.25. The molecule has 0 heterocycles. The molecule has 2 aromatic rings. The quantitative estimate of drug-likeness (QED) is 0.806. The van der Waals surface area contributed by atoms with Crippen molar-refractivity contribution in [1.82, 2.24) is 4.90 Å². The van der Waals surface area contributed by atoms with Gasteiger partial charge < -0.3 is 9.64 Å². The minimum Gasteiger partial charge on any atom is -0.484 e. The van der Waals surface area contributed by atoms with Gasteiger partial charge in [0.1, 0.15) is 5.75 Å². The lowest BCUT2D eigenvalue weighted by Crippen LogP contribution is -2.27. The van der Waals surface area contributed by atoms with Crippen LogP contribution in [-0.4, -0.2) is 39.9 Å². The number of likely N-dealkylation sites (N-methyl/N-ethyl adjacent to an activating group) is 1. The van der Waals surface area contributed by atoms with E-state index in [9.17, 15) is 13.2 Å². The number of carbonyl (C=O) groups excluding carboxylic acids is 1. The Balaban J connectivity index is 2.16. The van der Waals surface area contributed by atoms with Crippen molar-refractivity contribution in [2.75, 3.05) is 25.4 Å². The Hall–Kier alpha value is -2.54. The lowest BCUT2D eigenvalue weighted by Gasteiger charge is -2.15. The second-order valence-corrected chi connectivity index (χ2v) is 7.80. The fourth-order valence-corrected chi connectivity index (χ4v) is 3.52. The molecule has 0 aliphatic rings. The van der Waals surface area contributed by atoms with Crippen molar-refractivity contribution in [1.29, 1.82) is 0 Å². The van der Waals surface area contributed by atoms with Gasteiger partial charge in [-0.25, -0.2) is 8.42 Å². The third-order valence-electron chi connectivity index (χ3n) is 3.97. The molecule has 2 rings (SSSR count). The third kappa shape index (κ3) is 4.76. The van der Waals surface area contributed by atoms with E-state index in [1.165, 1.54) is 29.2 Å². The molecule has 0 bridgehead atoms. The van der Waals surface area contributed by atoms with Gasteiger partial charge in [0.05, 0.1) is 10.6 Å². The normalized spacial score (nSPS) is 11.1. The lowest BCUT2D eigenvalue weighted by atomic mass is 10.1. The number of hydrogen-bond acceptors (Lipinski definition) is 4. The van der Waals surface area contributed by atoms with Crippen LogP contribution in [0.2, 0.25) is 0 Å². The molecule has 26 heavy (non-hydrogen) atoms. The molecule has 0 aliphatic heterocycles. The third-order valence-corrected chi connectivity index (χ3v) is 5.34. The Kier molecular flexibility index (Phi) is 6.26. The zero-order valence-electron chi connectivity index (χ0n) is 15.4. The molecule has 0 spiro atoms. The average molecular weight is 376 g/mol. The minimum absolute atomic E-state index is 0.0968. The molecule has 0 saturated carbocycles. The zero-order chi connectivity index (χ0) is 19.3. The van der Waals surface area contributed by atoms with Crippen molar-refractivity contribution < 1.29 is 17.9 Å². The highest BCUT2D eigenvalue weighted by molar-refractivity contribution is 7.92. The molecule has 0 atom stereocenters. The molecule has 7 heteroatoms. The molecule has 2 aromatic carbocycles. The summed E-state index contributed by atoms with van der Waals surface area (Å²) in [5, 5.41) is 0. The number of ether oxygens (including phenoxy) is 1. The summed E-state index contributed by atoms with van der Waals surface area (Å²) < 4.78 is 33.4. The fraction of sp³-hybridized carbons (Fsp3) is 0.316. The van der Waals surface area contributed by atoms with Gasteiger partial charge in [-0.2, -0.15) is 0 Å². The summed E-state index contributed by atoms with van der Waals surface area (Å²) >= 11 is 0. The first-order chi connectivity index (χ1) is 12.2. The van der Waals surface area contributed by atoms with E-state index < -0.39 is 10.0 Å². The van der Waals surface area contributed by atoms with E-state index in [1.807, 2.05) is 32.0 Å².